The summed E-state index contributed by atoms with van der Waals surface area (Å²) in [4.78, 5) is 0. The minimum atomic E-state index is -2.35. The van der Waals surface area contributed by atoms with Gasteiger partial charge in [0.25, 0.3) is 0 Å². The van der Waals surface area contributed by atoms with Gasteiger partial charge in [0.1, 0.15) is 11.6 Å². The monoisotopic (exact) mass is 444 g/mol. The molecule has 0 radical (unpaired) electrons. The average Bonchev–Trinajstić information content (AvgIpc) is 2.28. The van der Waals surface area contributed by atoms with Crippen molar-refractivity contribution in [2.45, 2.75) is 0 Å². The standard InChI is InChI=1S/C10F7.HI.Zn/c11-2-1-3(12)6(13)5-4(2)7(14)9(16)10(17)8(5)15;;/h;1H;/q-1;;+2/p-1. The van der Waals surface area contributed by atoms with E-state index in [0.29, 0.717) is 0 Å². The third-order valence-corrected chi connectivity index (χ3v) is 2.12. The minimum Gasteiger partial charge on any atom is -1.00 e. The Kier molecular flexibility index (Phi) is 6.20. The molecular formula is C10F7IZn. The maximum absolute atomic E-state index is 13.1. The topological polar surface area (TPSA) is 0 Å². The van der Waals surface area contributed by atoms with Gasteiger partial charge in [-0.2, -0.15) is 0 Å². The zero-order valence-corrected chi connectivity index (χ0v) is 13.9. The van der Waals surface area contributed by atoms with Crippen molar-refractivity contribution in [1.82, 2.24) is 0 Å². The molecule has 2 rings (SSSR count). The fourth-order valence-corrected chi connectivity index (χ4v) is 1.37. The molecule has 98 valence electrons. The van der Waals surface area contributed by atoms with Crippen LogP contribution in [-0.4, -0.2) is 0 Å². The summed E-state index contributed by atoms with van der Waals surface area (Å²) >= 11 is 0. The second-order valence-corrected chi connectivity index (χ2v) is 3.07. The largest absolute Gasteiger partial charge is 2.00 e. The van der Waals surface area contributed by atoms with Crippen LogP contribution in [0.2, 0.25) is 0 Å². The first-order valence-electron chi connectivity index (χ1n) is 4.07. The predicted octanol–water partition coefficient (Wildman–Crippen LogP) is 0.615. The molecule has 0 aliphatic rings. The van der Waals surface area contributed by atoms with E-state index in [2.05, 4.69) is 0 Å². The van der Waals surface area contributed by atoms with Crippen LogP contribution in [0.1, 0.15) is 0 Å². The Morgan fingerprint density at radius 2 is 0.947 bits per heavy atom. The summed E-state index contributed by atoms with van der Waals surface area (Å²) in [5.74, 6) is -14.9. The van der Waals surface area contributed by atoms with Gasteiger partial charge in [0.15, 0.2) is 11.6 Å². The van der Waals surface area contributed by atoms with Crippen LogP contribution < -0.4 is 24.0 Å². The first-order valence-corrected chi connectivity index (χ1v) is 4.07. The molecule has 0 spiro atoms. The van der Waals surface area contributed by atoms with Crippen LogP contribution in [-0.2, 0) is 19.5 Å². The Balaban J connectivity index is 0.00000162. The summed E-state index contributed by atoms with van der Waals surface area (Å²) in [6, 6.07) is 1.09. The van der Waals surface area contributed by atoms with Crippen LogP contribution in [0.25, 0.3) is 10.8 Å². The first kappa shape index (κ1) is 18.6. The quantitative estimate of drug-likeness (QED) is 0.139. The molecule has 9 heteroatoms. The molecule has 0 bridgehead atoms. The van der Waals surface area contributed by atoms with E-state index in [0.717, 1.165) is 6.07 Å². The van der Waals surface area contributed by atoms with Crippen molar-refractivity contribution in [3.8, 4) is 0 Å². The molecule has 0 amide bonds. The molecule has 19 heavy (non-hydrogen) atoms. The van der Waals surface area contributed by atoms with E-state index in [4.69, 9.17) is 0 Å². The second kappa shape index (κ2) is 6.34. The normalized spacial score (nSPS) is 10.1. The van der Waals surface area contributed by atoms with Gasteiger partial charge < -0.3 is 24.0 Å². The Morgan fingerprint density at radius 3 is 1.42 bits per heavy atom. The number of hydrogen-bond donors (Lipinski definition) is 0. The van der Waals surface area contributed by atoms with Crippen molar-refractivity contribution < 1.29 is 74.2 Å². The number of fused-ring (bicyclic) bond motifs is 1. The zero-order chi connectivity index (χ0) is 12.9. The first-order chi connectivity index (χ1) is 7.86. The number of hydrogen-bond acceptors (Lipinski definition) is 0. The maximum atomic E-state index is 13.1. The van der Waals surface area contributed by atoms with Gasteiger partial charge in [-0.1, -0.05) is 0 Å². The zero-order valence-electron chi connectivity index (χ0n) is 8.73. The summed E-state index contributed by atoms with van der Waals surface area (Å²) < 4.78 is 90.4. The van der Waals surface area contributed by atoms with E-state index < -0.39 is 51.5 Å². The molecule has 0 saturated carbocycles. The third kappa shape index (κ3) is 2.72. The molecule has 0 unspecified atom stereocenters. The Labute approximate surface area is 131 Å². The van der Waals surface area contributed by atoms with Gasteiger partial charge in [0, 0.05) is 11.6 Å². The second-order valence-electron chi connectivity index (χ2n) is 3.07. The van der Waals surface area contributed by atoms with Crippen LogP contribution in [0.4, 0.5) is 30.7 Å². The van der Waals surface area contributed by atoms with Crippen molar-refractivity contribution in [2.75, 3.05) is 0 Å². The van der Waals surface area contributed by atoms with Crippen molar-refractivity contribution in [3.05, 3.63) is 46.8 Å². The molecule has 0 atom stereocenters. The van der Waals surface area contributed by atoms with Gasteiger partial charge in [-0.05, 0) is 10.8 Å². The molecule has 0 heterocycles. The Morgan fingerprint density at radius 1 is 0.526 bits per heavy atom. The van der Waals surface area contributed by atoms with E-state index in [1.807, 2.05) is 0 Å². The minimum absolute atomic E-state index is 0. The summed E-state index contributed by atoms with van der Waals surface area (Å²) in [5.41, 5.74) is 0. The van der Waals surface area contributed by atoms with E-state index in [1.165, 1.54) is 0 Å². The molecule has 0 nitrogen and oxygen atoms in total. The summed E-state index contributed by atoms with van der Waals surface area (Å²) in [5, 5.41) is -3.16. The Hall–Kier alpha value is -0.437. The number of benzene rings is 2. The van der Waals surface area contributed by atoms with E-state index in [-0.39, 0.29) is 43.5 Å². The molecule has 0 aromatic heterocycles. The van der Waals surface area contributed by atoms with E-state index in [1.54, 1.807) is 0 Å². The van der Waals surface area contributed by atoms with Gasteiger partial charge in [-0.15, -0.1) is 6.07 Å². The molecule has 0 saturated heterocycles. The van der Waals surface area contributed by atoms with Crippen LogP contribution in [0, 0.1) is 46.8 Å². The predicted molar refractivity (Wildman–Crippen MR) is 42.5 cm³/mol. The summed E-state index contributed by atoms with van der Waals surface area (Å²) in [6.07, 6.45) is 0. The molecule has 0 fully saturated rings. The van der Waals surface area contributed by atoms with Gasteiger partial charge in [0.05, 0.1) is 5.82 Å². The fourth-order valence-electron chi connectivity index (χ4n) is 1.37. The van der Waals surface area contributed by atoms with Crippen molar-refractivity contribution >= 4 is 10.8 Å². The van der Waals surface area contributed by atoms with Crippen LogP contribution in [0.15, 0.2) is 0 Å². The van der Waals surface area contributed by atoms with E-state index in [9.17, 15) is 30.7 Å². The SMILES string of the molecule is Fc1[c-]c(F)c2c(F)c(F)c(F)c(F)c2c1F.[I-].[Zn+2]. The summed E-state index contributed by atoms with van der Waals surface area (Å²) in [6.45, 7) is 0. The smallest absolute Gasteiger partial charge is 1.00 e. The van der Waals surface area contributed by atoms with Crippen molar-refractivity contribution in [3.63, 3.8) is 0 Å². The molecule has 0 aliphatic heterocycles. The molecule has 0 aliphatic carbocycles. The van der Waals surface area contributed by atoms with Gasteiger partial charge >= 0.3 is 19.5 Å². The summed E-state index contributed by atoms with van der Waals surface area (Å²) in [7, 11) is 0. The molecule has 0 N–H and O–H groups in total. The van der Waals surface area contributed by atoms with E-state index >= 15 is 0 Å². The molecule has 2 aromatic carbocycles. The van der Waals surface area contributed by atoms with Gasteiger partial charge in [0.2, 0.25) is 0 Å². The van der Waals surface area contributed by atoms with Crippen LogP contribution in [0.3, 0.4) is 0 Å². The van der Waals surface area contributed by atoms with Gasteiger partial charge in [-0.3, -0.25) is 4.39 Å². The molecular weight excluding hydrogens is 445 g/mol. The van der Waals surface area contributed by atoms with Crippen molar-refractivity contribution in [1.29, 1.82) is 0 Å². The fraction of sp³-hybridized carbons (Fsp3) is 0. The molecule has 2 aromatic rings. The van der Waals surface area contributed by atoms with Crippen molar-refractivity contribution in [2.24, 2.45) is 0 Å². The third-order valence-electron chi connectivity index (χ3n) is 2.12. The van der Waals surface area contributed by atoms with Crippen LogP contribution in [0.5, 0.6) is 0 Å². The number of halogens is 8. The van der Waals surface area contributed by atoms with Crippen LogP contribution >= 0.6 is 0 Å². The number of rotatable bonds is 0. The van der Waals surface area contributed by atoms with Gasteiger partial charge in [-0.25, -0.2) is 26.3 Å². The average molecular weight is 445 g/mol. The Bertz CT molecular complexity index is 644. The maximum Gasteiger partial charge on any atom is 2.00 e.